The summed E-state index contributed by atoms with van der Waals surface area (Å²) in [7, 11) is 1.26. The van der Waals surface area contributed by atoms with Crippen molar-refractivity contribution in [1.82, 2.24) is 10.6 Å². The minimum absolute atomic E-state index is 0.0203. The van der Waals surface area contributed by atoms with E-state index in [2.05, 4.69) is 17.2 Å². The summed E-state index contributed by atoms with van der Waals surface area (Å²) in [6.07, 6.45) is 6.94. The molecule has 0 aliphatic heterocycles. The van der Waals surface area contributed by atoms with Gasteiger partial charge in [0.05, 0.1) is 7.11 Å². The van der Waals surface area contributed by atoms with E-state index in [0.29, 0.717) is 12.0 Å². The van der Waals surface area contributed by atoms with Gasteiger partial charge in [-0.15, -0.1) is 6.58 Å². The van der Waals surface area contributed by atoms with Gasteiger partial charge in [0.1, 0.15) is 17.9 Å². The first-order chi connectivity index (χ1) is 13.9. The Morgan fingerprint density at radius 3 is 2.41 bits per heavy atom. The van der Waals surface area contributed by atoms with E-state index in [-0.39, 0.29) is 6.42 Å². The number of carbonyl (C=O) groups is 3. The molecule has 0 aliphatic rings. The van der Waals surface area contributed by atoms with Crippen molar-refractivity contribution in [2.45, 2.75) is 64.0 Å². The van der Waals surface area contributed by atoms with Crippen molar-refractivity contribution in [1.29, 1.82) is 0 Å². The van der Waals surface area contributed by atoms with Crippen LogP contribution in [-0.4, -0.2) is 37.0 Å². The normalized spacial score (nSPS) is 12.5. The number of benzene rings is 1. The van der Waals surface area contributed by atoms with Gasteiger partial charge in [0.25, 0.3) is 0 Å². The van der Waals surface area contributed by atoms with E-state index in [9.17, 15) is 18.8 Å². The topological polar surface area (TPSA) is 84.5 Å². The van der Waals surface area contributed by atoms with Crippen LogP contribution in [0, 0.1) is 5.82 Å². The minimum Gasteiger partial charge on any atom is -0.467 e. The van der Waals surface area contributed by atoms with Crippen molar-refractivity contribution in [3.8, 4) is 0 Å². The summed E-state index contributed by atoms with van der Waals surface area (Å²) in [6.45, 7) is 4.96. The zero-order valence-electron chi connectivity index (χ0n) is 17.2. The fourth-order valence-corrected chi connectivity index (χ4v) is 2.99. The number of ether oxygens (including phenoxy) is 1. The van der Waals surface area contributed by atoms with Crippen LogP contribution in [0.4, 0.5) is 4.39 Å². The van der Waals surface area contributed by atoms with Crippen LogP contribution in [0.15, 0.2) is 36.9 Å². The van der Waals surface area contributed by atoms with Crippen molar-refractivity contribution in [2.75, 3.05) is 7.11 Å². The van der Waals surface area contributed by atoms with Crippen molar-refractivity contribution in [2.24, 2.45) is 0 Å². The Morgan fingerprint density at radius 1 is 1.10 bits per heavy atom. The highest BCUT2D eigenvalue weighted by Gasteiger charge is 2.27. The van der Waals surface area contributed by atoms with Gasteiger partial charge in [0, 0.05) is 13.3 Å². The molecule has 1 aromatic carbocycles. The molecule has 0 radical (unpaired) electrons. The molecule has 160 valence electrons. The number of unbranched alkanes of at least 4 members (excludes halogenated alkanes) is 4. The highest BCUT2D eigenvalue weighted by Crippen LogP contribution is 2.12. The van der Waals surface area contributed by atoms with Crippen LogP contribution in [0.25, 0.3) is 0 Å². The number of nitrogens with one attached hydrogen (secondary N) is 2. The second-order valence-corrected chi connectivity index (χ2v) is 6.91. The van der Waals surface area contributed by atoms with Crippen LogP contribution in [0.2, 0.25) is 0 Å². The second-order valence-electron chi connectivity index (χ2n) is 6.91. The molecule has 0 unspecified atom stereocenters. The van der Waals surface area contributed by atoms with Crippen LogP contribution in [0.5, 0.6) is 0 Å². The SMILES string of the molecule is C=CCCCCCC[C@@H](NC(=O)[C@@H](Cc1ccccc1F)NC(C)=O)C(=O)OC. The van der Waals surface area contributed by atoms with Crippen LogP contribution in [-0.2, 0) is 25.5 Å². The summed E-state index contributed by atoms with van der Waals surface area (Å²) in [5.41, 5.74) is 0.304. The standard InChI is InChI=1S/C22H31FN2O4/c1-4-5-6-7-8-9-14-19(22(28)29-3)25-21(27)20(24-16(2)26)15-17-12-10-11-13-18(17)23/h4,10-13,19-20H,1,5-9,14-15H2,2-3H3,(H,24,26)(H,25,27)/t19-,20-/m1/s1. The average molecular weight is 406 g/mol. The number of hydrogen-bond acceptors (Lipinski definition) is 4. The van der Waals surface area contributed by atoms with Gasteiger partial charge in [0.2, 0.25) is 11.8 Å². The van der Waals surface area contributed by atoms with Gasteiger partial charge in [-0.3, -0.25) is 9.59 Å². The van der Waals surface area contributed by atoms with Gasteiger partial charge in [-0.05, 0) is 30.9 Å². The van der Waals surface area contributed by atoms with E-state index in [1.54, 1.807) is 18.2 Å². The maximum Gasteiger partial charge on any atom is 0.328 e. The number of carbonyl (C=O) groups excluding carboxylic acids is 3. The first-order valence-electron chi connectivity index (χ1n) is 9.88. The molecule has 0 fully saturated rings. The van der Waals surface area contributed by atoms with E-state index in [1.165, 1.54) is 20.1 Å². The summed E-state index contributed by atoms with van der Waals surface area (Å²) in [5.74, 6) is -1.97. The summed E-state index contributed by atoms with van der Waals surface area (Å²) in [6, 6.07) is 4.24. The Bertz CT molecular complexity index is 693. The molecule has 0 bridgehead atoms. The van der Waals surface area contributed by atoms with Crippen LogP contribution >= 0.6 is 0 Å². The van der Waals surface area contributed by atoms with Gasteiger partial charge in [-0.1, -0.05) is 43.5 Å². The van der Waals surface area contributed by atoms with E-state index in [0.717, 1.165) is 32.1 Å². The summed E-state index contributed by atoms with van der Waals surface area (Å²) in [5, 5.41) is 5.18. The molecule has 0 saturated carbocycles. The number of hydrogen-bond donors (Lipinski definition) is 2. The van der Waals surface area contributed by atoms with Crippen LogP contribution in [0.3, 0.4) is 0 Å². The average Bonchev–Trinajstić information content (AvgIpc) is 2.69. The van der Waals surface area contributed by atoms with Crippen molar-refractivity contribution in [3.63, 3.8) is 0 Å². The number of esters is 1. The van der Waals surface area contributed by atoms with Crippen molar-refractivity contribution in [3.05, 3.63) is 48.3 Å². The Kier molecular flexibility index (Phi) is 11.3. The van der Waals surface area contributed by atoms with Gasteiger partial charge in [-0.2, -0.15) is 0 Å². The molecular weight excluding hydrogens is 375 g/mol. The minimum atomic E-state index is -0.996. The van der Waals surface area contributed by atoms with Crippen molar-refractivity contribution < 1.29 is 23.5 Å². The third-order valence-electron chi connectivity index (χ3n) is 4.53. The van der Waals surface area contributed by atoms with E-state index < -0.39 is 35.7 Å². The molecular formula is C22H31FN2O4. The van der Waals surface area contributed by atoms with E-state index in [4.69, 9.17) is 4.74 Å². The van der Waals surface area contributed by atoms with E-state index >= 15 is 0 Å². The summed E-state index contributed by atoms with van der Waals surface area (Å²) < 4.78 is 18.8. The lowest BCUT2D eigenvalue weighted by Crippen LogP contribution is -2.52. The molecule has 2 N–H and O–H groups in total. The number of halogens is 1. The third-order valence-corrected chi connectivity index (χ3v) is 4.53. The molecule has 0 aliphatic carbocycles. The summed E-state index contributed by atoms with van der Waals surface area (Å²) >= 11 is 0. The predicted molar refractivity (Wildman–Crippen MR) is 110 cm³/mol. The Labute approximate surface area is 171 Å². The zero-order valence-corrected chi connectivity index (χ0v) is 17.2. The molecule has 7 heteroatoms. The second kappa shape index (κ2) is 13.5. The maximum atomic E-state index is 14.0. The highest BCUT2D eigenvalue weighted by molar-refractivity contribution is 5.90. The maximum absolute atomic E-state index is 14.0. The van der Waals surface area contributed by atoms with Crippen LogP contribution < -0.4 is 10.6 Å². The highest BCUT2D eigenvalue weighted by atomic mass is 19.1. The third kappa shape index (κ3) is 9.36. The number of methoxy groups -OCH3 is 1. The Balaban J connectivity index is 2.75. The lowest BCUT2D eigenvalue weighted by Gasteiger charge is -2.22. The van der Waals surface area contributed by atoms with Crippen LogP contribution in [0.1, 0.15) is 51.0 Å². The van der Waals surface area contributed by atoms with Gasteiger partial charge >= 0.3 is 5.97 Å². The molecule has 6 nitrogen and oxygen atoms in total. The quantitative estimate of drug-likeness (QED) is 0.300. The fraction of sp³-hybridized carbons (Fsp3) is 0.500. The first-order valence-corrected chi connectivity index (χ1v) is 9.88. The van der Waals surface area contributed by atoms with E-state index in [1.807, 2.05) is 6.08 Å². The molecule has 2 amide bonds. The fourth-order valence-electron chi connectivity index (χ4n) is 2.99. The monoisotopic (exact) mass is 406 g/mol. The predicted octanol–water partition coefficient (Wildman–Crippen LogP) is 3.06. The number of allylic oxidation sites excluding steroid dienone is 1. The zero-order chi connectivity index (χ0) is 21.6. The largest absolute Gasteiger partial charge is 0.467 e. The molecule has 2 atom stereocenters. The first kappa shape index (κ1) is 24.3. The number of amides is 2. The molecule has 1 rings (SSSR count). The van der Waals surface area contributed by atoms with Crippen molar-refractivity contribution >= 4 is 17.8 Å². The smallest absolute Gasteiger partial charge is 0.328 e. The molecule has 0 spiro atoms. The molecule has 0 aromatic heterocycles. The lowest BCUT2D eigenvalue weighted by molar-refractivity contribution is -0.145. The number of rotatable bonds is 13. The van der Waals surface area contributed by atoms with Gasteiger partial charge in [0.15, 0.2) is 0 Å². The van der Waals surface area contributed by atoms with Gasteiger partial charge in [-0.25, -0.2) is 9.18 Å². The molecule has 29 heavy (non-hydrogen) atoms. The Hall–Kier alpha value is -2.70. The lowest BCUT2D eigenvalue weighted by atomic mass is 10.0. The van der Waals surface area contributed by atoms with Gasteiger partial charge < -0.3 is 15.4 Å². The molecule has 1 aromatic rings. The Morgan fingerprint density at radius 2 is 1.79 bits per heavy atom. The molecule has 0 heterocycles. The summed E-state index contributed by atoms with van der Waals surface area (Å²) in [4.78, 5) is 36.3. The molecule has 0 saturated heterocycles.